The summed E-state index contributed by atoms with van der Waals surface area (Å²) in [6.45, 7) is 5.05. The van der Waals surface area contributed by atoms with Gasteiger partial charge in [0.25, 0.3) is 0 Å². The van der Waals surface area contributed by atoms with Gasteiger partial charge in [0.2, 0.25) is 0 Å². The van der Waals surface area contributed by atoms with Crippen LogP contribution >= 0.6 is 0 Å². The zero-order valence-corrected chi connectivity index (χ0v) is 11.2. The summed E-state index contributed by atoms with van der Waals surface area (Å²) >= 11 is 0. The molecule has 4 nitrogen and oxygen atoms in total. The Kier molecular flexibility index (Phi) is 5.23. The van der Waals surface area contributed by atoms with Crippen molar-refractivity contribution in [2.24, 2.45) is 5.41 Å². The molecule has 0 aliphatic carbocycles. The number of rotatable bonds is 7. The van der Waals surface area contributed by atoms with Gasteiger partial charge in [0, 0.05) is 32.0 Å². The summed E-state index contributed by atoms with van der Waals surface area (Å²) in [5.74, 6) is 1.05. The molecule has 0 unspecified atom stereocenters. The van der Waals surface area contributed by atoms with Gasteiger partial charge in [0.1, 0.15) is 5.76 Å². The fraction of sp³-hybridized carbons (Fsp3) is 0.714. The lowest BCUT2D eigenvalue weighted by atomic mass is 9.79. The van der Waals surface area contributed by atoms with E-state index in [0.717, 1.165) is 45.0 Å². The highest BCUT2D eigenvalue weighted by atomic mass is 16.5. The molecule has 2 heterocycles. The van der Waals surface area contributed by atoms with E-state index in [4.69, 9.17) is 9.15 Å². The summed E-state index contributed by atoms with van der Waals surface area (Å²) in [7, 11) is 1.80. The first-order valence-electron chi connectivity index (χ1n) is 6.77. The third-order valence-electron chi connectivity index (χ3n) is 3.74. The molecule has 4 heteroatoms. The van der Waals surface area contributed by atoms with E-state index >= 15 is 0 Å². The average molecular weight is 252 g/mol. The van der Waals surface area contributed by atoms with Crippen molar-refractivity contribution in [2.75, 3.05) is 39.9 Å². The lowest BCUT2D eigenvalue weighted by Crippen LogP contribution is -2.46. The van der Waals surface area contributed by atoms with Crippen LogP contribution in [0.4, 0.5) is 0 Å². The van der Waals surface area contributed by atoms with Crippen LogP contribution in [0.5, 0.6) is 0 Å². The number of piperidine rings is 1. The number of ether oxygens (including phenoxy) is 1. The Morgan fingerprint density at radius 3 is 2.94 bits per heavy atom. The summed E-state index contributed by atoms with van der Waals surface area (Å²) in [4.78, 5) is 0. The smallest absolute Gasteiger partial charge is 0.105 e. The molecular weight excluding hydrogens is 228 g/mol. The Bertz CT molecular complexity index is 313. The molecule has 1 aromatic heterocycles. The Morgan fingerprint density at radius 1 is 1.44 bits per heavy atom. The van der Waals surface area contributed by atoms with Crippen molar-refractivity contribution < 1.29 is 9.15 Å². The van der Waals surface area contributed by atoms with Gasteiger partial charge in [-0.2, -0.15) is 0 Å². The second-order valence-corrected chi connectivity index (χ2v) is 5.19. The number of nitrogens with one attached hydrogen (secondary N) is 2. The summed E-state index contributed by atoms with van der Waals surface area (Å²) in [6, 6.07) is 3.96. The minimum atomic E-state index is 0.309. The van der Waals surface area contributed by atoms with E-state index in [-0.39, 0.29) is 0 Å². The molecule has 1 aliphatic heterocycles. The highest BCUT2D eigenvalue weighted by Crippen LogP contribution is 2.28. The van der Waals surface area contributed by atoms with Crippen LogP contribution in [-0.2, 0) is 11.2 Å². The largest absolute Gasteiger partial charge is 0.469 e. The number of hydrogen-bond acceptors (Lipinski definition) is 4. The molecule has 18 heavy (non-hydrogen) atoms. The van der Waals surface area contributed by atoms with Gasteiger partial charge in [-0.15, -0.1) is 0 Å². The van der Waals surface area contributed by atoms with Crippen LogP contribution < -0.4 is 10.6 Å². The monoisotopic (exact) mass is 252 g/mol. The van der Waals surface area contributed by atoms with Crippen LogP contribution in [0.1, 0.15) is 18.6 Å². The minimum Gasteiger partial charge on any atom is -0.469 e. The Labute approximate surface area is 109 Å². The van der Waals surface area contributed by atoms with Gasteiger partial charge in [-0.05, 0) is 38.1 Å². The van der Waals surface area contributed by atoms with Crippen LogP contribution in [0, 0.1) is 5.41 Å². The van der Waals surface area contributed by atoms with E-state index in [1.807, 2.05) is 12.1 Å². The van der Waals surface area contributed by atoms with Crippen molar-refractivity contribution in [3.8, 4) is 0 Å². The quantitative estimate of drug-likeness (QED) is 0.721. The molecule has 0 amide bonds. The van der Waals surface area contributed by atoms with E-state index in [2.05, 4.69) is 10.6 Å². The predicted octanol–water partition coefficient (Wildman–Crippen LogP) is 1.43. The summed E-state index contributed by atoms with van der Waals surface area (Å²) in [5, 5.41) is 6.96. The maximum Gasteiger partial charge on any atom is 0.105 e. The third-order valence-corrected chi connectivity index (χ3v) is 3.74. The molecule has 2 N–H and O–H groups in total. The molecule has 0 atom stereocenters. The van der Waals surface area contributed by atoms with Crippen molar-refractivity contribution in [3.05, 3.63) is 24.2 Å². The highest BCUT2D eigenvalue weighted by molar-refractivity contribution is 4.98. The second kappa shape index (κ2) is 6.92. The molecule has 1 saturated heterocycles. The van der Waals surface area contributed by atoms with Crippen LogP contribution in [0.15, 0.2) is 22.8 Å². The van der Waals surface area contributed by atoms with Crippen LogP contribution in [0.2, 0.25) is 0 Å². The Hall–Kier alpha value is -0.840. The summed E-state index contributed by atoms with van der Waals surface area (Å²) in [5.41, 5.74) is 0.309. The lowest BCUT2D eigenvalue weighted by Gasteiger charge is -2.37. The van der Waals surface area contributed by atoms with Crippen molar-refractivity contribution in [2.45, 2.75) is 19.3 Å². The standard InChI is InChI=1S/C14H24N2O2/c1-17-12-14(5-8-15-9-6-14)11-16-7-4-13-3-2-10-18-13/h2-3,10,15-16H,4-9,11-12H2,1H3. The first-order valence-corrected chi connectivity index (χ1v) is 6.77. The van der Waals surface area contributed by atoms with E-state index in [0.29, 0.717) is 5.41 Å². The fourth-order valence-electron chi connectivity index (χ4n) is 2.66. The normalized spacial score (nSPS) is 18.9. The zero-order chi connectivity index (χ0) is 12.7. The molecule has 2 rings (SSSR count). The topological polar surface area (TPSA) is 46.4 Å². The second-order valence-electron chi connectivity index (χ2n) is 5.19. The Morgan fingerprint density at radius 2 is 2.28 bits per heavy atom. The molecule has 0 bridgehead atoms. The molecule has 0 radical (unpaired) electrons. The molecule has 0 saturated carbocycles. The van der Waals surface area contributed by atoms with Gasteiger partial charge in [-0.1, -0.05) is 0 Å². The lowest BCUT2D eigenvalue weighted by molar-refractivity contribution is 0.0538. The third kappa shape index (κ3) is 3.83. The van der Waals surface area contributed by atoms with Gasteiger partial charge in [-0.25, -0.2) is 0 Å². The average Bonchev–Trinajstić information content (AvgIpc) is 2.89. The first kappa shape index (κ1) is 13.6. The molecule has 102 valence electrons. The van der Waals surface area contributed by atoms with Crippen molar-refractivity contribution in [3.63, 3.8) is 0 Å². The SMILES string of the molecule is COCC1(CNCCc2ccco2)CCNCC1. The van der Waals surface area contributed by atoms with E-state index in [1.54, 1.807) is 13.4 Å². The maximum absolute atomic E-state index is 5.40. The number of furan rings is 1. The van der Waals surface area contributed by atoms with Crippen LogP contribution in [0.25, 0.3) is 0 Å². The minimum absolute atomic E-state index is 0.309. The molecule has 1 fully saturated rings. The fourth-order valence-corrected chi connectivity index (χ4v) is 2.66. The van der Waals surface area contributed by atoms with Gasteiger partial charge in [-0.3, -0.25) is 0 Å². The molecule has 1 aromatic rings. The number of hydrogen-bond donors (Lipinski definition) is 2. The van der Waals surface area contributed by atoms with Crippen LogP contribution in [-0.4, -0.2) is 39.9 Å². The van der Waals surface area contributed by atoms with Gasteiger partial charge < -0.3 is 19.8 Å². The predicted molar refractivity (Wildman–Crippen MR) is 71.7 cm³/mol. The zero-order valence-electron chi connectivity index (χ0n) is 11.2. The van der Waals surface area contributed by atoms with Gasteiger partial charge in [0.05, 0.1) is 12.9 Å². The molecule has 1 aliphatic rings. The summed E-state index contributed by atoms with van der Waals surface area (Å²) < 4.78 is 10.7. The van der Waals surface area contributed by atoms with Gasteiger partial charge in [0.15, 0.2) is 0 Å². The first-order chi connectivity index (χ1) is 8.85. The van der Waals surface area contributed by atoms with E-state index < -0.39 is 0 Å². The van der Waals surface area contributed by atoms with E-state index in [9.17, 15) is 0 Å². The van der Waals surface area contributed by atoms with Crippen molar-refractivity contribution in [1.29, 1.82) is 0 Å². The van der Waals surface area contributed by atoms with Gasteiger partial charge >= 0.3 is 0 Å². The van der Waals surface area contributed by atoms with E-state index in [1.165, 1.54) is 12.8 Å². The molecule has 0 spiro atoms. The van der Waals surface area contributed by atoms with Crippen molar-refractivity contribution >= 4 is 0 Å². The maximum atomic E-state index is 5.40. The molecule has 0 aromatic carbocycles. The number of methoxy groups -OCH3 is 1. The Balaban J connectivity index is 1.72. The van der Waals surface area contributed by atoms with Crippen molar-refractivity contribution in [1.82, 2.24) is 10.6 Å². The van der Waals surface area contributed by atoms with Crippen LogP contribution in [0.3, 0.4) is 0 Å². The summed E-state index contributed by atoms with van der Waals surface area (Å²) in [6.07, 6.45) is 5.06. The highest BCUT2D eigenvalue weighted by Gasteiger charge is 2.31. The molecular formula is C14H24N2O2.